The second-order valence-electron chi connectivity index (χ2n) is 6.62. The van der Waals surface area contributed by atoms with E-state index < -0.39 is 28.5 Å². The molecule has 2 aromatic carbocycles. The molecule has 0 bridgehead atoms. The number of hydrogen-bond acceptors (Lipinski definition) is 6. The minimum absolute atomic E-state index is 0.0161. The van der Waals surface area contributed by atoms with Crippen molar-refractivity contribution in [2.75, 3.05) is 20.7 Å². The van der Waals surface area contributed by atoms with Crippen LogP contribution in [-0.2, 0) is 26.1 Å². The molecule has 0 radical (unpaired) electrons. The molecule has 1 heterocycles. The molecule has 0 saturated heterocycles. The number of rotatable bonds is 7. The molecular weight excluding hydrogens is 406 g/mol. The molecular formula is C21H21N3O5S. The largest absolute Gasteiger partial charge is 0.452 e. The SMILES string of the molecule is CN(C)S(=O)(=O)c1ccccc1CNC(=O)COC(=O)c1cccc2ncccc12. The van der Waals surface area contributed by atoms with Gasteiger partial charge in [0.1, 0.15) is 0 Å². The number of fused-ring (bicyclic) bond motifs is 1. The van der Waals surface area contributed by atoms with Crippen molar-refractivity contribution in [2.45, 2.75) is 11.4 Å². The second kappa shape index (κ2) is 9.02. The number of ether oxygens (including phenoxy) is 1. The minimum Gasteiger partial charge on any atom is -0.452 e. The van der Waals surface area contributed by atoms with E-state index in [-0.39, 0.29) is 11.4 Å². The summed E-state index contributed by atoms with van der Waals surface area (Å²) in [4.78, 5) is 28.8. The molecule has 0 atom stereocenters. The van der Waals surface area contributed by atoms with Gasteiger partial charge in [-0.25, -0.2) is 17.5 Å². The molecule has 8 nitrogen and oxygen atoms in total. The molecule has 1 aromatic heterocycles. The fraction of sp³-hybridized carbons (Fsp3) is 0.190. The Kier molecular flexibility index (Phi) is 6.43. The lowest BCUT2D eigenvalue weighted by Crippen LogP contribution is -2.30. The first-order valence-electron chi connectivity index (χ1n) is 9.08. The zero-order valence-electron chi connectivity index (χ0n) is 16.5. The van der Waals surface area contributed by atoms with Crippen molar-refractivity contribution in [1.82, 2.24) is 14.6 Å². The summed E-state index contributed by atoms with van der Waals surface area (Å²) in [5.41, 5.74) is 1.40. The summed E-state index contributed by atoms with van der Waals surface area (Å²) in [6, 6.07) is 14.9. The Hall–Kier alpha value is -3.30. The molecule has 0 unspecified atom stereocenters. The van der Waals surface area contributed by atoms with Crippen LogP contribution in [-0.4, -0.2) is 50.3 Å². The van der Waals surface area contributed by atoms with Crippen LogP contribution in [0, 0.1) is 0 Å². The van der Waals surface area contributed by atoms with E-state index in [9.17, 15) is 18.0 Å². The number of pyridine rings is 1. The smallest absolute Gasteiger partial charge is 0.339 e. The topological polar surface area (TPSA) is 106 Å². The third kappa shape index (κ3) is 4.64. The molecule has 3 aromatic rings. The van der Waals surface area contributed by atoms with Crippen molar-refractivity contribution in [3.63, 3.8) is 0 Å². The van der Waals surface area contributed by atoms with E-state index in [0.29, 0.717) is 22.0 Å². The summed E-state index contributed by atoms with van der Waals surface area (Å²) < 4.78 is 31.1. The van der Waals surface area contributed by atoms with Crippen LogP contribution in [0.15, 0.2) is 65.7 Å². The number of benzene rings is 2. The number of carbonyl (C=O) groups excluding carboxylic acids is 2. The predicted octanol–water partition coefficient (Wildman–Crippen LogP) is 1.96. The van der Waals surface area contributed by atoms with E-state index in [1.54, 1.807) is 54.7 Å². The Morgan fingerprint density at radius 3 is 2.57 bits per heavy atom. The minimum atomic E-state index is -3.65. The van der Waals surface area contributed by atoms with Crippen LogP contribution in [0.5, 0.6) is 0 Å². The molecule has 30 heavy (non-hydrogen) atoms. The van der Waals surface area contributed by atoms with Gasteiger partial charge in [-0.05, 0) is 29.8 Å². The average Bonchev–Trinajstić information content (AvgIpc) is 2.75. The number of esters is 1. The number of nitrogens with one attached hydrogen (secondary N) is 1. The van der Waals surface area contributed by atoms with Crippen molar-refractivity contribution >= 4 is 32.8 Å². The lowest BCUT2D eigenvalue weighted by molar-refractivity contribution is -0.124. The zero-order valence-corrected chi connectivity index (χ0v) is 17.3. The predicted molar refractivity (Wildman–Crippen MR) is 111 cm³/mol. The fourth-order valence-electron chi connectivity index (χ4n) is 2.83. The van der Waals surface area contributed by atoms with Gasteiger partial charge in [0.05, 0.1) is 16.0 Å². The maximum atomic E-state index is 12.4. The Bertz CT molecular complexity index is 1190. The van der Waals surface area contributed by atoms with Crippen LogP contribution in [0.2, 0.25) is 0 Å². The van der Waals surface area contributed by atoms with Gasteiger partial charge in [0.25, 0.3) is 5.91 Å². The van der Waals surface area contributed by atoms with Gasteiger partial charge < -0.3 is 10.1 Å². The normalized spacial score (nSPS) is 11.4. The number of nitrogens with zero attached hydrogens (tertiary/aromatic N) is 2. The molecule has 0 saturated carbocycles. The van der Waals surface area contributed by atoms with Crippen molar-refractivity contribution in [3.8, 4) is 0 Å². The van der Waals surface area contributed by atoms with E-state index in [1.807, 2.05) is 0 Å². The van der Waals surface area contributed by atoms with E-state index >= 15 is 0 Å². The third-order valence-electron chi connectivity index (χ3n) is 4.41. The van der Waals surface area contributed by atoms with Crippen LogP contribution in [0.1, 0.15) is 15.9 Å². The molecule has 1 N–H and O–H groups in total. The number of hydrogen-bond donors (Lipinski definition) is 1. The van der Waals surface area contributed by atoms with Gasteiger partial charge in [-0.15, -0.1) is 0 Å². The van der Waals surface area contributed by atoms with E-state index in [1.165, 1.54) is 20.2 Å². The molecule has 0 aliphatic rings. The molecule has 0 aliphatic carbocycles. The quantitative estimate of drug-likeness (QED) is 0.578. The molecule has 9 heteroatoms. The van der Waals surface area contributed by atoms with Gasteiger partial charge in [0.15, 0.2) is 6.61 Å². The van der Waals surface area contributed by atoms with Crippen molar-refractivity contribution < 1.29 is 22.7 Å². The lowest BCUT2D eigenvalue weighted by atomic mass is 10.1. The van der Waals surface area contributed by atoms with Crippen molar-refractivity contribution in [3.05, 3.63) is 71.9 Å². The Morgan fingerprint density at radius 1 is 1.03 bits per heavy atom. The van der Waals surface area contributed by atoms with Gasteiger partial charge >= 0.3 is 5.97 Å². The lowest BCUT2D eigenvalue weighted by Gasteiger charge is -2.15. The van der Waals surface area contributed by atoms with Crippen molar-refractivity contribution in [1.29, 1.82) is 0 Å². The standard InChI is InChI=1S/C21H21N3O5S/c1-24(2)30(27,28)19-11-4-3-7-15(19)13-23-20(25)14-29-21(26)17-8-5-10-18-16(17)9-6-12-22-18/h3-12H,13-14H2,1-2H3,(H,23,25). The van der Waals surface area contributed by atoms with E-state index in [0.717, 1.165) is 4.31 Å². The van der Waals surface area contributed by atoms with Gasteiger partial charge in [-0.2, -0.15) is 0 Å². The van der Waals surface area contributed by atoms with Gasteiger partial charge in [-0.3, -0.25) is 9.78 Å². The third-order valence-corrected chi connectivity index (χ3v) is 6.32. The monoisotopic (exact) mass is 427 g/mol. The van der Waals surface area contributed by atoms with Crippen LogP contribution in [0.3, 0.4) is 0 Å². The van der Waals surface area contributed by atoms with Gasteiger partial charge in [0, 0.05) is 32.2 Å². The van der Waals surface area contributed by atoms with Crippen LogP contribution in [0.25, 0.3) is 10.9 Å². The molecule has 3 rings (SSSR count). The Morgan fingerprint density at radius 2 is 1.80 bits per heavy atom. The van der Waals surface area contributed by atoms with Crippen LogP contribution >= 0.6 is 0 Å². The summed E-state index contributed by atoms with van der Waals surface area (Å²) in [6.45, 7) is -0.504. The number of sulfonamides is 1. The molecule has 1 amide bonds. The van der Waals surface area contributed by atoms with Crippen LogP contribution in [0.4, 0.5) is 0 Å². The summed E-state index contributed by atoms with van der Waals surface area (Å²) in [7, 11) is -0.772. The molecule has 0 aliphatic heterocycles. The maximum absolute atomic E-state index is 12.4. The Labute approximate surface area is 174 Å². The number of amides is 1. The fourth-order valence-corrected chi connectivity index (χ4v) is 3.95. The zero-order chi connectivity index (χ0) is 21.7. The molecule has 0 fully saturated rings. The maximum Gasteiger partial charge on any atom is 0.339 e. The first-order chi connectivity index (χ1) is 14.3. The highest BCUT2D eigenvalue weighted by Crippen LogP contribution is 2.19. The summed E-state index contributed by atoms with van der Waals surface area (Å²) in [5.74, 6) is -1.18. The Balaban J connectivity index is 1.63. The van der Waals surface area contributed by atoms with Crippen molar-refractivity contribution in [2.24, 2.45) is 0 Å². The summed E-state index contributed by atoms with van der Waals surface area (Å²) in [5, 5.41) is 3.22. The highest BCUT2D eigenvalue weighted by molar-refractivity contribution is 7.89. The summed E-state index contributed by atoms with van der Waals surface area (Å²) >= 11 is 0. The molecule has 0 spiro atoms. The summed E-state index contributed by atoms with van der Waals surface area (Å²) in [6.07, 6.45) is 1.62. The number of carbonyl (C=O) groups is 2. The highest BCUT2D eigenvalue weighted by Gasteiger charge is 2.21. The second-order valence-corrected chi connectivity index (χ2v) is 8.74. The van der Waals surface area contributed by atoms with E-state index in [4.69, 9.17) is 4.74 Å². The highest BCUT2D eigenvalue weighted by atomic mass is 32.2. The van der Waals surface area contributed by atoms with Crippen LogP contribution < -0.4 is 5.32 Å². The van der Waals surface area contributed by atoms with Gasteiger partial charge in [0.2, 0.25) is 10.0 Å². The first-order valence-corrected chi connectivity index (χ1v) is 10.5. The molecule has 156 valence electrons. The number of aromatic nitrogens is 1. The average molecular weight is 427 g/mol. The first kappa shape index (κ1) is 21.4. The van der Waals surface area contributed by atoms with E-state index in [2.05, 4.69) is 10.3 Å². The van der Waals surface area contributed by atoms with Gasteiger partial charge in [-0.1, -0.05) is 30.3 Å².